The molecule has 1 N–H and O–H groups in total. The number of carbonyl (C=O) groups is 2. The van der Waals surface area contributed by atoms with Gasteiger partial charge in [0.1, 0.15) is 5.75 Å². The van der Waals surface area contributed by atoms with Crippen LogP contribution >= 0.6 is 0 Å². The summed E-state index contributed by atoms with van der Waals surface area (Å²) in [6.07, 6.45) is 0.129. The Balaban J connectivity index is 1.88. The minimum Gasteiger partial charge on any atom is -0.426 e. The molecule has 0 radical (unpaired) electrons. The van der Waals surface area contributed by atoms with Crippen molar-refractivity contribution >= 4 is 11.9 Å². The van der Waals surface area contributed by atoms with Gasteiger partial charge in [0.05, 0.1) is 6.42 Å². The average molecular weight is 325 g/mol. The molecule has 4 heteroatoms. The van der Waals surface area contributed by atoms with Crippen molar-refractivity contribution in [2.45, 2.75) is 34.1 Å². The third kappa shape index (κ3) is 4.44. The summed E-state index contributed by atoms with van der Waals surface area (Å²) in [4.78, 5) is 24.1. The summed E-state index contributed by atoms with van der Waals surface area (Å²) < 4.78 is 5.47. The van der Waals surface area contributed by atoms with E-state index in [0.717, 1.165) is 22.3 Å². The standard InChI is InChI=1S/C20H23NO3/c1-13-6-5-7-17(12-13)20(23)21-11-10-18(22)24-19-15(3)9-8-14(2)16(19)4/h5-9,12H,10-11H2,1-4H3,(H,21,23). The number of aryl methyl sites for hydroxylation is 3. The molecule has 0 atom stereocenters. The van der Waals surface area contributed by atoms with Gasteiger partial charge in [0.25, 0.3) is 5.91 Å². The predicted octanol–water partition coefficient (Wildman–Crippen LogP) is 3.65. The Bertz CT molecular complexity index is 765. The largest absolute Gasteiger partial charge is 0.426 e. The second-order valence-corrected chi connectivity index (χ2v) is 6.00. The van der Waals surface area contributed by atoms with E-state index in [0.29, 0.717) is 11.3 Å². The summed E-state index contributed by atoms with van der Waals surface area (Å²) in [6, 6.07) is 11.3. The van der Waals surface area contributed by atoms with Crippen molar-refractivity contribution in [2.24, 2.45) is 0 Å². The fourth-order valence-electron chi connectivity index (χ4n) is 2.41. The van der Waals surface area contributed by atoms with Gasteiger partial charge in [-0.2, -0.15) is 0 Å². The number of ether oxygens (including phenoxy) is 1. The van der Waals surface area contributed by atoms with Crippen LogP contribution in [-0.4, -0.2) is 18.4 Å². The summed E-state index contributed by atoms with van der Waals surface area (Å²) in [5.41, 5.74) is 4.58. The quantitative estimate of drug-likeness (QED) is 0.674. The van der Waals surface area contributed by atoms with E-state index >= 15 is 0 Å². The smallest absolute Gasteiger partial charge is 0.312 e. The minimum absolute atomic E-state index is 0.129. The molecule has 0 unspecified atom stereocenters. The van der Waals surface area contributed by atoms with Crippen molar-refractivity contribution in [1.29, 1.82) is 0 Å². The average Bonchev–Trinajstić information content (AvgIpc) is 2.55. The number of hydrogen-bond donors (Lipinski definition) is 1. The maximum Gasteiger partial charge on any atom is 0.312 e. The summed E-state index contributed by atoms with van der Waals surface area (Å²) in [5, 5.41) is 2.74. The van der Waals surface area contributed by atoms with Crippen LogP contribution in [0, 0.1) is 27.7 Å². The van der Waals surface area contributed by atoms with E-state index in [1.165, 1.54) is 0 Å². The number of rotatable bonds is 5. The number of benzene rings is 2. The Morgan fingerprint density at radius 1 is 1.00 bits per heavy atom. The van der Waals surface area contributed by atoms with Gasteiger partial charge < -0.3 is 10.1 Å². The van der Waals surface area contributed by atoms with E-state index in [1.807, 2.05) is 58.0 Å². The Kier molecular flexibility index (Phi) is 5.74. The molecule has 0 spiro atoms. The van der Waals surface area contributed by atoms with Gasteiger partial charge in [-0.3, -0.25) is 9.59 Å². The second kappa shape index (κ2) is 7.77. The van der Waals surface area contributed by atoms with Crippen LogP contribution < -0.4 is 10.1 Å². The van der Waals surface area contributed by atoms with Gasteiger partial charge in [-0.05, 0) is 56.5 Å². The zero-order valence-electron chi connectivity index (χ0n) is 14.6. The Hall–Kier alpha value is -2.62. The van der Waals surface area contributed by atoms with Gasteiger partial charge in [-0.15, -0.1) is 0 Å². The predicted molar refractivity (Wildman–Crippen MR) is 94.4 cm³/mol. The van der Waals surface area contributed by atoms with Crippen LogP contribution in [0.3, 0.4) is 0 Å². The Morgan fingerprint density at radius 3 is 2.42 bits per heavy atom. The fraction of sp³-hybridized carbons (Fsp3) is 0.300. The number of hydrogen-bond acceptors (Lipinski definition) is 3. The zero-order valence-corrected chi connectivity index (χ0v) is 14.6. The van der Waals surface area contributed by atoms with Gasteiger partial charge in [-0.1, -0.05) is 29.8 Å². The summed E-state index contributed by atoms with van der Waals surface area (Å²) in [5.74, 6) is 0.0794. The molecule has 2 aromatic carbocycles. The lowest BCUT2D eigenvalue weighted by Crippen LogP contribution is -2.27. The van der Waals surface area contributed by atoms with Crippen LogP contribution in [0.2, 0.25) is 0 Å². The third-order valence-electron chi connectivity index (χ3n) is 3.98. The first-order chi connectivity index (χ1) is 11.4. The summed E-state index contributed by atoms with van der Waals surface area (Å²) in [6.45, 7) is 8.00. The number of carbonyl (C=O) groups excluding carboxylic acids is 2. The molecule has 0 fully saturated rings. The van der Waals surface area contributed by atoms with Gasteiger partial charge in [0.15, 0.2) is 0 Å². The first-order valence-corrected chi connectivity index (χ1v) is 8.01. The molecule has 24 heavy (non-hydrogen) atoms. The highest BCUT2D eigenvalue weighted by Crippen LogP contribution is 2.25. The first-order valence-electron chi connectivity index (χ1n) is 8.01. The lowest BCUT2D eigenvalue weighted by Gasteiger charge is -2.12. The van der Waals surface area contributed by atoms with Crippen LogP contribution in [0.15, 0.2) is 36.4 Å². The van der Waals surface area contributed by atoms with Crippen LogP contribution in [0.1, 0.15) is 39.0 Å². The minimum atomic E-state index is -0.351. The second-order valence-electron chi connectivity index (χ2n) is 6.00. The van der Waals surface area contributed by atoms with E-state index in [4.69, 9.17) is 4.74 Å². The molecular weight excluding hydrogens is 302 g/mol. The van der Waals surface area contributed by atoms with Crippen molar-refractivity contribution in [1.82, 2.24) is 5.32 Å². The van der Waals surface area contributed by atoms with Crippen LogP contribution in [0.4, 0.5) is 0 Å². The molecular formula is C20H23NO3. The van der Waals surface area contributed by atoms with E-state index in [1.54, 1.807) is 6.07 Å². The molecule has 0 aromatic heterocycles. The molecule has 0 saturated heterocycles. The monoisotopic (exact) mass is 325 g/mol. The zero-order chi connectivity index (χ0) is 17.7. The fourth-order valence-corrected chi connectivity index (χ4v) is 2.41. The van der Waals surface area contributed by atoms with Crippen molar-refractivity contribution in [3.63, 3.8) is 0 Å². The lowest BCUT2D eigenvalue weighted by molar-refractivity contribution is -0.134. The van der Waals surface area contributed by atoms with Crippen LogP contribution in [-0.2, 0) is 4.79 Å². The number of esters is 1. The molecule has 0 aliphatic heterocycles. The molecule has 126 valence electrons. The van der Waals surface area contributed by atoms with E-state index in [2.05, 4.69) is 5.32 Å². The van der Waals surface area contributed by atoms with E-state index in [9.17, 15) is 9.59 Å². The molecule has 0 saturated carbocycles. The van der Waals surface area contributed by atoms with Gasteiger partial charge >= 0.3 is 5.97 Å². The summed E-state index contributed by atoms with van der Waals surface area (Å²) in [7, 11) is 0. The van der Waals surface area contributed by atoms with Gasteiger partial charge in [0.2, 0.25) is 0 Å². The van der Waals surface area contributed by atoms with Crippen LogP contribution in [0.25, 0.3) is 0 Å². The van der Waals surface area contributed by atoms with Crippen molar-refractivity contribution in [3.05, 3.63) is 64.2 Å². The summed E-state index contributed by atoms with van der Waals surface area (Å²) >= 11 is 0. The molecule has 0 heterocycles. The maximum absolute atomic E-state index is 12.0. The van der Waals surface area contributed by atoms with Gasteiger partial charge in [-0.25, -0.2) is 0 Å². The molecule has 0 aliphatic carbocycles. The van der Waals surface area contributed by atoms with Gasteiger partial charge in [0, 0.05) is 12.1 Å². The normalized spacial score (nSPS) is 10.3. The van der Waals surface area contributed by atoms with Crippen molar-refractivity contribution < 1.29 is 14.3 Å². The SMILES string of the molecule is Cc1cccc(C(=O)NCCC(=O)Oc2c(C)ccc(C)c2C)c1. The number of amides is 1. The lowest BCUT2D eigenvalue weighted by atomic mass is 10.1. The third-order valence-corrected chi connectivity index (χ3v) is 3.98. The highest BCUT2D eigenvalue weighted by atomic mass is 16.5. The molecule has 4 nitrogen and oxygen atoms in total. The van der Waals surface area contributed by atoms with Crippen molar-refractivity contribution in [2.75, 3.05) is 6.54 Å². The maximum atomic E-state index is 12.0. The number of nitrogens with one attached hydrogen (secondary N) is 1. The van der Waals surface area contributed by atoms with Crippen molar-refractivity contribution in [3.8, 4) is 5.75 Å². The molecule has 2 aromatic rings. The molecule has 1 amide bonds. The topological polar surface area (TPSA) is 55.4 Å². The highest BCUT2D eigenvalue weighted by Gasteiger charge is 2.12. The molecule has 0 aliphatic rings. The molecule has 0 bridgehead atoms. The van der Waals surface area contributed by atoms with E-state index < -0.39 is 0 Å². The van der Waals surface area contributed by atoms with Crippen LogP contribution in [0.5, 0.6) is 5.75 Å². The Morgan fingerprint density at radius 2 is 1.71 bits per heavy atom. The van der Waals surface area contributed by atoms with E-state index in [-0.39, 0.29) is 24.8 Å². The Labute approximate surface area is 142 Å². The first kappa shape index (κ1) is 17.7. The highest BCUT2D eigenvalue weighted by molar-refractivity contribution is 5.94. The molecule has 2 rings (SSSR count).